The molecule has 2 aromatic rings. The number of carbonyl (C=O) groups excluding carboxylic acids is 3. The largest absolute Gasteiger partial charge is 0.465 e. The second-order valence-corrected chi connectivity index (χ2v) is 14.4. The van der Waals surface area contributed by atoms with Gasteiger partial charge in [-0.05, 0) is 110 Å². The third-order valence-electron chi connectivity index (χ3n) is 11.3. The van der Waals surface area contributed by atoms with Gasteiger partial charge in [-0.15, -0.1) is 0 Å². The Morgan fingerprint density at radius 1 is 0.660 bits per heavy atom. The van der Waals surface area contributed by atoms with Crippen molar-refractivity contribution in [3.05, 3.63) is 70.8 Å². The molecule has 7 nitrogen and oxygen atoms in total. The van der Waals surface area contributed by atoms with E-state index in [4.69, 9.17) is 10.5 Å². The smallest absolute Gasteiger partial charge is 0.337 e. The van der Waals surface area contributed by atoms with E-state index < -0.39 is 0 Å². The van der Waals surface area contributed by atoms with Crippen molar-refractivity contribution in [2.75, 3.05) is 14.2 Å². The molecule has 0 bridgehead atoms. The minimum absolute atomic E-state index is 0.269. The van der Waals surface area contributed by atoms with Gasteiger partial charge in [-0.2, -0.15) is 0 Å². The number of nitrogens with two attached hydrogens (primary N) is 1. The summed E-state index contributed by atoms with van der Waals surface area (Å²) >= 11 is 0. The number of methoxy groups -OCH3 is 2. The van der Waals surface area contributed by atoms with E-state index in [1.54, 1.807) is 12.1 Å². The SMILES string of the molecule is COC(=O)c1ccc(CN)cc1.COC(=O)c1ccc(CNC2CCC3(CCCCC3)CC2)cc1.O=C1CCC2(CCCCC2)CC1. The summed E-state index contributed by atoms with van der Waals surface area (Å²) in [7, 11) is 2.78. The zero-order valence-corrected chi connectivity index (χ0v) is 29.0. The third kappa shape index (κ3) is 11.3. The van der Waals surface area contributed by atoms with Gasteiger partial charge < -0.3 is 20.5 Å². The van der Waals surface area contributed by atoms with E-state index in [1.807, 2.05) is 36.4 Å². The molecule has 4 aliphatic carbocycles. The van der Waals surface area contributed by atoms with Crippen molar-refractivity contribution in [1.82, 2.24) is 5.32 Å². The quantitative estimate of drug-likeness (QED) is 0.303. The highest BCUT2D eigenvalue weighted by atomic mass is 16.5. The maximum atomic E-state index is 11.4. The number of Topliss-reactive ketones (excluding diaryl/α,β-unsaturated/α-hetero) is 1. The topological polar surface area (TPSA) is 108 Å². The van der Waals surface area contributed by atoms with Crippen molar-refractivity contribution in [1.29, 1.82) is 0 Å². The second kappa shape index (κ2) is 18.5. The highest BCUT2D eigenvalue weighted by molar-refractivity contribution is 5.89. The Morgan fingerprint density at radius 2 is 1.09 bits per heavy atom. The number of carbonyl (C=O) groups is 3. The number of esters is 2. The minimum Gasteiger partial charge on any atom is -0.465 e. The van der Waals surface area contributed by atoms with Crippen molar-refractivity contribution in [2.24, 2.45) is 16.6 Å². The maximum Gasteiger partial charge on any atom is 0.337 e. The molecule has 2 spiro atoms. The molecule has 0 unspecified atom stereocenters. The van der Waals surface area contributed by atoms with Gasteiger partial charge in [0, 0.05) is 32.0 Å². The molecule has 0 radical (unpaired) electrons. The monoisotopic (exact) mass is 646 g/mol. The first-order valence-corrected chi connectivity index (χ1v) is 18.1. The molecule has 0 amide bonds. The van der Waals surface area contributed by atoms with Gasteiger partial charge in [0.1, 0.15) is 5.78 Å². The molecule has 2 aromatic carbocycles. The van der Waals surface area contributed by atoms with Crippen LogP contribution in [0.2, 0.25) is 0 Å². The van der Waals surface area contributed by atoms with E-state index in [2.05, 4.69) is 10.1 Å². The molecule has 6 rings (SSSR count). The van der Waals surface area contributed by atoms with Crippen LogP contribution in [0.3, 0.4) is 0 Å². The highest BCUT2D eigenvalue weighted by Crippen LogP contribution is 2.48. The van der Waals surface area contributed by atoms with Gasteiger partial charge in [-0.3, -0.25) is 4.79 Å². The van der Waals surface area contributed by atoms with E-state index in [-0.39, 0.29) is 11.9 Å². The Bertz CT molecular complexity index is 1240. The fraction of sp³-hybridized carbons (Fsp3) is 0.625. The van der Waals surface area contributed by atoms with Crippen LogP contribution in [0, 0.1) is 10.8 Å². The Balaban J connectivity index is 0.000000176. The van der Waals surface area contributed by atoms with E-state index in [9.17, 15) is 14.4 Å². The standard InChI is InChI=1S/C20H29NO2.C11H18O.C9H11NO2/c1-23-19(22)17-7-5-16(6-8-17)15-21-18-9-13-20(14-10-18)11-3-2-4-12-20;12-10-4-8-11(9-5-10)6-2-1-3-7-11;1-12-9(11)8-4-2-7(6-10)3-5-8/h5-8,18,21H,2-4,9-15H2,1H3;1-9H2;2-5H,6,10H2,1H3. The van der Waals surface area contributed by atoms with Crippen molar-refractivity contribution in [3.63, 3.8) is 0 Å². The molecule has 0 saturated heterocycles. The van der Waals surface area contributed by atoms with Crippen molar-refractivity contribution in [2.45, 2.75) is 135 Å². The number of benzene rings is 2. The molecule has 0 aromatic heterocycles. The summed E-state index contributed by atoms with van der Waals surface area (Å²) in [6, 6.07) is 15.4. The lowest BCUT2D eigenvalue weighted by Crippen LogP contribution is -2.38. The lowest BCUT2D eigenvalue weighted by atomic mass is 9.64. The summed E-state index contributed by atoms with van der Waals surface area (Å²) in [5.41, 5.74) is 10.1. The molecule has 4 fully saturated rings. The lowest BCUT2D eigenvalue weighted by Gasteiger charge is -2.43. The highest BCUT2D eigenvalue weighted by Gasteiger charge is 2.36. The Labute approximate surface area is 282 Å². The molecule has 47 heavy (non-hydrogen) atoms. The Morgan fingerprint density at radius 3 is 1.51 bits per heavy atom. The zero-order chi connectivity index (χ0) is 33.5. The number of ketones is 1. The van der Waals surface area contributed by atoms with Gasteiger partial charge in [0.15, 0.2) is 0 Å². The molecule has 0 heterocycles. The summed E-state index contributed by atoms with van der Waals surface area (Å²) in [5.74, 6) is -0.0839. The van der Waals surface area contributed by atoms with Gasteiger partial charge in [-0.25, -0.2) is 9.59 Å². The van der Waals surface area contributed by atoms with Crippen molar-refractivity contribution in [3.8, 4) is 0 Å². The first kappa shape index (κ1) is 36.8. The number of hydrogen-bond acceptors (Lipinski definition) is 7. The Hall–Kier alpha value is -3.03. The minimum atomic E-state index is -0.321. The van der Waals surface area contributed by atoms with E-state index >= 15 is 0 Å². The molecule has 4 saturated carbocycles. The zero-order valence-electron chi connectivity index (χ0n) is 29.0. The predicted molar refractivity (Wildman–Crippen MR) is 187 cm³/mol. The van der Waals surface area contributed by atoms with E-state index in [0.717, 1.165) is 24.9 Å². The van der Waals surface area contributed by atoms with Gasteiger partial charge >= 0.3 is 11.9 Å². The second-order valence-electron chi connectivity index (χ2n) is 14.4. The van der Waals surface area contributed by atoms with Crippen LogP contribution in [0.1, 0.15) is 147 Å². The van der Waals surface area contributed by atoms with Gasteiger partial charge in [0.05, 0.1) is 25.3 Å². The van der Waals surface area contributed by atoms with Gasteiger partial charge in [-0.1, -0.05) is 62.8 Å². The first-order chi connectivity index (χ1) is 22.8. The Kier molecular flexibility index (Phi) is 14.5. The fourth-order valence-electron chi connectivity index (χ4n) is 8.13. The average molecular weight is 647 g/mol. The average Bonchev–Trinajstić information content (AvgIpc) is 3.13. The van der Waals surface area contributed by atoms with E-state index in [1.165, 1.54) is 123 Å². The molecule has 7 heteroatoms. The summed E-state index contributed by atoms with van der Waals surface area (Å²) in [6.07, 6.45) is 23.9. The van der Waals surface area contributed by atoms with Crippen LogP contribution in [0.5, 0.6) is 0 Å². The van der Waals surface area contributed by atoms with Gasteiger partial charge in [0.25, 0.3) is 0 Å². The number of hydrogen-bond donors (Lipinski definition) is 2. The first-order valence-electron chi connectivity index (χ1n) is 18.1. The molecule has 3 N–H and O–H groups in total. The normalized spacial score (nSPS) is 20.3. The molecule has 4 aliphatic rings. The van der Waals surface area contributed by atoms with Crippen LogP contribution in [0.4, 0.5) is 0 Å². The molecular weight excluding hydrogens is 588 g/mol. The van der Waals surface area contributed by atoms with Crippen LogP contribution in [-0.2, 0) is 27.4 Å². The molecule has 0 atom stereocenters. The van der Waals surface area contributed by atoms with Crippen LogP contribution >= 0.6 is 0 Å². The van der Waals surface area contributed by atoms with Crippen molar-refractivity contribution < 1.29 is 23.9 Å². The number of ether oxygens (including phenoxy) is 2. The molecular formula is C40H58N2O5. The van der Waals surface area contributed by atoms with Crippen LogP contribution in [0.25, 0.3) is 0 Å². The van der Waals surface area contributed by atoms with Gasteiger partial charge in [0.2, 0.25) is 0 Å². The molecule has 0 aliphatic heterocycles. The van der Waals surface area contributed by atoms with Crippen LogP contribution in [0.15, 0.2) is 48.5 Å². The fourth-order valence-corrected chi connectivity index (χ4v) is 8.13. The summed E-state index contributed by atoms with van der Waals surface area (Å²) in [6.45, 7) is 1.38. The predicted octanol–water partition coefficient (Wildman–Crippen LogP) is 8.47. The third-order valence-corrected chi connectivity index (χ3v) is 11.3. The summed E-state index contributed by atoms with van der Waals surface area (Å²) in [5, 5.41) is 3.71. The van der Waals surface area contributed by atoms with Crippen LogP contribution < -0.4 is 11.1 Å². The number of nitrogens with one attached hydrogen (secondary N) is 1. The summed E-state index contributed by atoms with van der Waals surface area (Å²) < 4.78 is 9.27. The lowest BCUT2D eigenvalue weighted by molar-refractivity contribution is -0.122. The van der Waals surface area contributed by atoms with E-state index in [0.29, 0.717) is 40.3 Å². The maximum absolute atomic E-state index is 11.4. The summed E-state index contributed by atoms with van der Waals surface area (Å²) in [4.78, 5) is 33.5. The van der Waals surface area contributed by atoms with Crippen LogP contribution in [-0.4, -0.2) is 38.0 Å². The number of rotatable bonds is 6. The van der Waals surface area contributed by atoms with Crippen molar-refractivity contribution >= 4 is 17.7 Å². The molecule has 258 valence electrons.